The van der Waals surface area contributed by atoms with Crippen LogP contribution in [0.5, 0.6) is 0 Å². The zero-order valence-corrected chi connectivity index (χ0v) is 14.8. The number of piperazine rings is 1. The van der Waals surface area contributed by atoms with Crippen molar-refractivity contribution in [1.82, 2.24) is 9.91 Å². The SMILES string of the molecule is FC(F)(F)c1ccc(/C=N\N2CCN(Cc3ccccc3Cl)CC2)cc1. The molecule has 2 aromatic rings. The van der Waals surface area contributed by atoms with Gasteiger partial charge in [0.15, 0.2) is 0 Å². The third-order valence-electron chi connectivity index (χ3n) is 4.31. The highest BCUT2D eigenvalue weighted by Crippen LogP contribution is 2.28. The number of hydrogen-bond acceptors (Lipinski definition) is 3. The number of halogens is 4. The van der Waals surface area contributed by atoms with Gasteiger partial charge in [0.1, 0.15) is 0 Å². The van der Waals surface area contributed by atoms with Crippen molar-refractivity contribution in [3.63, 3.8) is 0 Å². The Balaban J connectivity index is 1.51. The number of hydrazone groups is 1. The Morgan fingerprint density at radius 2 is 1.62 bits per heavy atom. The Labute approximate surface area is 155 Å². The Hall–Kier alpha value is -2.05. The second kappa shape index (κ2) is 8.10. The molecule has 0 saturated carbocycles. The first kappa shape index (κ1) is 18.7. The molecule has 7 heteroatoms. The van der Waals surface area contributed by atoms with Gasteiger partial charge in [-0.25, -0.2) is 0 Å². The second-order valence-corrected chi connectivity index (χ2v) is 6.59. The van der Waals surface area contributed by atoms with Gasteiger partial charge in [-0.1, -0.05) is 41.9 Å². The highest BCUT2D eigenvalue weighted by Gasteiger charge is 2.29. The summed E-state index contributed by atoms with van der Waals surface area (Å²) in [6.07, 6.45) is -2.71. The standard InChI is InChI=1S/C19H19ClF3N3/c20-18-4-2-1-3-16(18)14-25-9-11-26(12-10-25)24-13-15-5-7-17(8-6-15)19(21,22)23/h1-8,13H,9-12,14H2/b24-13-. The maximum Gasteiger partial charge on any atom is 0.416 e. The van der Waals surface area contributed by atoms with Crippen molar-refractivity contribution in [1.29, 1.82) is 0 Å². The Kier molecular flexibility index (Phi) is 5.84. The molecule has 1 saturated heterocycles. The molecule has 1 aliphatic heterocycles. The molecule has 0 bridgehead atoms. The monoisotopic (exact) mass is 381 g/mol. The van der Waals surface area contributed by atoms with Crippen molar-refractivity contribution in [2.75, 3.05) is 26.2 Å². The predicted molar refractivity (Wildman–Crippen MR) is 97.3 cm³/mol. The molecular formula is C19H19ClF3N3. The van der Waals surface area contributed by atoms with Crippen molar-refractivity contribution in [2.24, 2.45) is 5.10 Å². The average molecular weight is 382 g/mol. The number of hydrogen-bond donors (Lipinski definition) is 0. The van der Waals surface area contributed by atoms with E-state index < -0.39 is 11.7 Å². The van der Waals surface area contributed by atoms with Gasteiger partial charge in [0.2, 0.25) is 0 Å². The van der Waals surface area contributed by atoms with Gasteiger partial charge in [0, 0.05) is 37.7 Å². The highest BCUT2D eigenvalue weighted by molar-refractivity contribution is 6.31. The van der Waals surface area contributed by atoms with Crippen LogP contribution in [0, 0.1) is 0 Å². The van der Waals surface area contributed by atoms with E-state index in [4.69, 9.17) is 11.6 Å². The fraction of sp³-hybridized carbons (Fsp3) is 0.316. The lowest BCUT2D eigenvalue weighted by Crippen LogP contribution is -2.43. The topological polar surface area (TPSA) is 18.8 Å². The molecule has 1 aliphatic rings. The number of benzene rings is 2. The van der Waals surface area contributed by atoms with Crippen LogP contribution in [0.15, 0.2) is 53.6 Å². The van der Waals surface area contributed by atoms with Crippen LogP contribution in [0.1, 0.15) is 16.7 Å². The predicted octanol–water partition coefficient (Wildman–Crippen LogP) is 4.51. The molecule has 0 aromatic heterocycles. The molecule has 0 unspecified atom stereocenters. The molecular weight excluding hydrogens is 363 g/mol. The largest absolute Gasteiger partial charge is 0.416 e. The summed E-state index contributed by atoms with van der Waals surface area (Å²) < 4.78 is 37.7. The van der Waals surface area contributed by atoms with E-state index in [2.05, 4.69) is 10.0 Å². The minimum atomic E-state index is -4.31. The van der Waals surface area contributed by atoms with Crippen molar-refractivity contribution in [3.8, 4) is 0 Å². The molecule has 138 valence electrons. The first-order valence-electron chi connectivity index (χ1n) is 8.34. The molecule has 0 aliphatic carbocycles. The second-order valence-electron chi connectivity index (χ2n) is 6.19. The first-order valence-corrected chi connectivity index (χ1v) is 8.71. The molecule has 2 aromatic carbocycles. The van der Waals surface area contributed by atoms with Crippen molar-refractivity contribution in [3.05, 3.63) is 70.2 Å². The van der Waals surface area contributed by atoms with Gasteiger partial charge in [-0.3, -0.25) is 9.91 Å². The number of rotatable bonds is 4. The van der Waals surface area contributed by atoms with Crippen LogP contribution in [-0.2, 0) is 12.7 Å². The summed E-state index contributed by atoms with van der Waals surface area (Å²) in [4.78, 5) is 2.31. The summed E-state index contributed by atoms with van der Waals surface area (Å²) in [6, 6.07) is 12.8. The summed E-state index contributed by atoms with van der Waals surface area (Å²) in [5.74, 6) is 0. The molecule has 3 nitrogen and oxygen atoms in total. The Morgan fingerprint density at radius 3 is 2.23 bits per heavy atom. The van der Waals surface area contributed by atoms with Crippen molar-refractivity contribution in [2.45, 2.75) is 12.7 Å². The lowest BCUT2D eigenvalue weighted by molar-refractivity contribution is -0.137. The van der Waals surface area contributed by atoms with Gasteiger partial charge < -0.3 is 0 Å². The van der Waals surface area contributed by atoms with Gasteiger partial charge in [0.25, 0.3) is 0 Å². The first-order chi connectivity index (χ1) is 12.4. The van der Waals surface area contributed by atoms with E-state index in [0.717, 1.165) is 55.4 Å². The third kappa shape index (κ3) is 4.99. The van der Waals surface area contributed by atoms with E-state index >= 15 is 0 Å². The normalized spacial score (nSPS) is 16.4. The fourth-order valence-electron chi connectivity index (χ4n) is 2.78. The smallest absolute Gasteiger partial charge is 0.295 e. The van der Waals surface area contributed by atoms with E-state index in [9.17, 15) is 13.2 Å². The molecule has 26 heavy (non-hydrogen) atoms. The van der Waals surface area contributed by atoms with Gasteiger partial charge in [-0.2, -0.15) is 18.3 Å². The minimum absolute atomic E-state index is 0.650. The van der Waals surface area contributed by atoms with Gasteiger partial charge in [-0.05, 0) is 29.3 Å². The van der Waals surface area contributed by atoms with E-state index in [1.165, 1.54) is 12.1 Å². The van der Waals surface area contributed by atoms with E-state index in [1.54, 1.807) is 6.21 Å². The van der Waals surface area contributed by atoms with Crippen molar-refractivity contribution < 1.29 is 13.2 Å². The molecule has 0 radical (unpaired) electrons. The molecule has 0 spiro atoms. The lowest BCUT2D eigenvalue weighted by Gasteiger charge is -2.33. The number of nitrogens with zero attached hydrogens (tertiary/aromatic N) is 3. The van der Waals surface area contributed by atoms with Crippen LogP contribution in [0.25, 0.3) is 0 Å². The van der Waals surface area contributed by atoms with Crippen LogP contribution in [0.4, 0.5) is 13.2 Å². The van der Waals surface area contributed by atoms with Gasteiger partial charge >= 0.3 is 6.18 Å². The summed E-state index contributed by atoms with van der Waals surface area (Å²) in [5, 5.41) is 7.08. The third-order valence-corrected chi connectivity index (χ3v) is 4.68. The Morgan fingerprint density at radius 1 is 0.962 bits per heavy atom. The molecule has 0 atom stereocenters. The molecule has 3 rings (SSSR count). The van der Waals surface area contributed by atoms with Gasteiger partial charge in [0.05, 0.1) is 11.8 Å². The van der Waals surface area contributed by atoms with Crippen molar-refractivity contribution >= 4 is 17.8 Å². The summed E-state index contributed by atoms with van der Waals surface area (Å²) in [5.41, 5.74) is 1.11. The zero-order chi connectivity index (χ0) is 18.6. The fourth-order valence-corrected chi connectivity index (χ4v) is 2.98. The quantitative estimate of drug-likeness (QED) is 0.726. The molecule has 0 N–H and O–H groups in total. The van der Waals surface area contributed by atoms with E-state index in [0.29, 0.717) is 5.56 Å². The molecule has 1 fully saturated rings. The van der Waals surface area contributed by atoms with Crippen LogP contribution < -0.4 is 0 Å². The summed E-state index contributed by atoms with van der Waals surface area (Å²) >= 11 is 6.20. The van der Waals surface area contributed by atoms with Crippen LogP contribution in [0.3, 0.4) is 0 Å². The highest BCUT2D eigenvalue weighted by atomic mass is 35.5. The maximum absolute atomic E-state index is 12.6. The zero-order valence-electron chi connectivity index (χ0n) is 14.1. The molecule has 1 heterocycles. The van der Waals surface area contributed by atoms with Gasteiger partial charge in [-0.15, -0.1) is 0 Å². The number of alkyl halides is 3. The van der Waals surface area contributed by atoms with E-state index in [1.807, 2.05) is 29.3 Å². The molecule has 0 amide bonds. The van der Waals surface area contributed by atoms with E-state index in [-0.39, 0.29) is 0 Å². The Bertz CT molecular complexity index is 751. The average Bonchev–Trinajstić information content (AvgIpc) is 2.63. The summed E-state index contributed by atoms with van der Waals surface area (Å²) in [6.45, 7) is 4.05. The van der Waals surface area contributed by atoms with Crippen LogP contribution in [-0.4, -0.2) is 42.3 Å². The lowest BCUT2D eigenvalue weighted by atomic mass is 10.1. The minimum Gasteiger partial charge on any atom is -0.295 e. The van der Waals surface area contributed by atoms with Crippen LogP contribution >= 0.6 is 11.6 Å². The van der Waals surface area contributed by atoms with Crippen LogP contribution in [0.2, 0.25) is 5.02 Å². The maximum atomic E-state index is 12.6. The summed E-state index contributed by atoms with van der Waals surface area (Å²) in [7, 11) is 0.